The van der Waals surface area contributed by atoms with Gasteiger partial charge in [-0.25, -0.2) is 0 Å². The Morgan fingerprint density at radius 3 is 3.04 bits per heavy atom. The first-order valence-corrected chi connectivity index (χ1v) is 9.69. The lowest BCUT2D eigenvalue weighted by Gasteiger charge is -2.17. The molecule has 0 unspecified atom stereocenters. The van der Waals surface area contributed by atoms with Crippen molar-refractivity contribution in [3.05, 3.63) is 35.8 Å². The summed E-state index contributed by atoms with van der Waals surface area (Å²) in [4.78, 5) is 11.2. The molecule has 144 valence electrons. The fraction of sp³-hybridized carbons (Fsp3) is 0.667. The summed E-state index contributed by atoms with van der Waals surface area (Å²) in [5, 5.41) is 10.3. The number of carbonyl (C=O) groups is 1. The van der Waals surface area contributed by atoms with Gasteiger partial charge in [-0.05, 0) is 56.6 Å². The molecule has 4 atom stereocenters. The number of ether oxygens (including phenoxy) is 2. The molecule has 0 spiro atoms. The van der Waals surface area contributed by atoms with E-state index in [0.717, 1.165) is 44.9 Å². The van der Waals surface area contributed by atoms with Crippen molar-refractivity contribution in [3.8, 4) is 0 Å². The predicted molar refractivity (Wildman–Crippen MR) is 97.4 cm³/mol. The van der Waals surface area contributed by atoms with Crippen LogP contribution in [0.25, 0.3) is 0 Å². The second kappa shape index (κ2) is 8.40. The Balaban J connectivity index is 1.28. The number of fused-ring (bicyclic) bond motifs is 1. The number of furan rings is 1. The molecule has 0 saturated carbocycles. The molecule has 5 heteroatoms. The largest absolute Gasteiger partial charge is 0.472 e. The standard InChI is InChI=1S/C21H30O5/c1-15(5-3-7-17-8-10-24-14-17)11-18(22)12-16(2)6-4-9-21-13-19(23)25-20(21)26-21/h5,8,10,14,16,18,20,22H,3-4,6-7,9,11-13H2,1-2H3/t16-,18+,20+,21+/m0/s1. The SMILES string of the molecule is CC(=CCCc1ccoc1)C[C@@H](O)C[C@@H](C)CCC[C@@]12CC(=O)O[C@@H]1O2. The molecular formula is C21H30O5. The highest BCUT2D eigenvalue weighted by molar-refractivity contribution is 5.74. The first-order valence-electron chi connectivity index (χ1n) is 9.69. The highest BCUT2D eigenvalue weighted by Crippen LogP contribution is 2.49. The van der Waals surface area contributed by atoms with E-state index in [0.29, 0.717) is 12.3 Å². The van der Waals surface area contributed by atoms with Gasteiger partial charge in [0, 0.05) is 0 Å². The summed E-state index contributed by atoms with van der Waals surface area (Å²) in [6, 6.07) is 1.99. The zero-order valence-electron chi connectivity index (χ0n) is 15.8. The summed E-state index contributed by atoms with van der Waals surface area (Å²) in [6.07, 6.45) is 11.9. The molecule has 3 rings (SSSR count). The summed E-state index contributed by atoms with van der Waals surface area (Å²) in [7, 11) is 0. The molecule has 2 aliphatic rings. The summed E-state index contributed by atoms with van der Waals surface area (Å²) in [5.74, 6) is 0.315. The van der Waals surface area contributed by atoms with Gasteiger partial charge in [-0.3, -0.25) is 4.79 Å². The van der Waals surface area contributed by atoms with Crippen molar-refractivity contribution >= 4 is 5.97 Å². The van der Waals surface area contributed by atoms with Crippen LogP contribution in [0.5, 0.6) is 0 Å². The maximum atomic E-state index is 11.2. The van der Waals surface area contributed by atoms with Crippen LogP contribution in [0, 0.1) is 5.92 Å². The molecule has 0 bridgehead atoms. The number of rotatable bonds is 11. The lowest BCUT2D eigenvalue weighted by atomic mass is 9.91. The van der Waals surface area contributed by atoms with Gasteiger partial charge in [0.2, 0.25) is 6.29 Å². The number of hydrogen-bond donors (Lipinski definition) is 1. The molecule has 2 fully saturated rings. The average Bonchev–Trinajstić information content (AvgIpc) is 2.92. The smallest absolute Gasteiger partial charge is 0.311 e. The Hall–Kier alpha value is -1.59. The lowest BCUT2D eigenvalue weighted by Crippen LogP contribution is -2.14. The van der Waals surface area contributed by atoms with Crippen LogP contribution < -0.4 is 0 Å². The predicted octanol–water partition coefficient (Wildman–Crippen LogP) is 4.15. The van der Waals surface area contributed by atoms with Gasteiger partial charge >= 0.3 is 5.97 Å². The molecule has 2 saturated heterocycles. The minimum absolute atomic E-state index is 0.139. The summed E-state index contributed by atoms with van der Waals surface area (Å²) < 4.78 is 15.6. The van der Waals surface area contributed by atoms with E-state index in [-0.39, 0.29) is 24.0 Å². The Kier molecular flexibility index (Phi) is 6.20. The zero-order valence-corrected chi connectivity index (χ0v) is 15.8. The Labute approximate surface area is 155 Å². The molecular weight excluding hydrogens is 332 g/mol. The molecule has 0 aromatic carbocycles. The maximum absolute atomic E-state index is 11.2. The molecule has 1 aromatic rings. The van der Waals surface area contributed by atoms with E-state index in [9.17, 15) is 9.90 Å². The number of epoxide rings is 1. The summed E-state index contributed by atoms with van der Waals surface area (Å²) in [5.41, 5.74) is 2.13. The molecule has 0 aliphatic carbocycles. The molecule has 26 heavy (non-hydrogen) atoms. The second-order valence-corrected chi connectivity index (χ2v) is 7.99. The van der Waals surface area contributed by atoms with Crippen molar-refractivity contribution in [2.75, 3.05) is 0 Å². The number of allylic oxidation sites excluding steroid dienone is 1. The Morgan fingerprint density at radius 1 is 1.50 bits per heavy atom. The minimum Gasteiger partial charge on any atom is -0.472 e. The van der Waals surface area contributed by atoms with E-state index in [1.807, 2.05) is 6.07 Å². The Bertz CT molecular complexity index is 620. The molecule has 0 amide bonds. The van der Waals surface area contributed by atoms with Crippen molar-refractivity contribution in [1.29, 1.82) is 0 Å². The molecule has 5 nitrogen and oxygen atoms in total. The van der Waals surface area contributed by atoms with Crippen LogP contribution in [-0.4, -0.2) is 29.1 Å². The van der Waals surface area contributed by atoms with E-state index in [4.69, 9.17) is 13.9 Å². The van der Waals surface area contributed by atoms with Gasteiger partial charge in [0.05, 0.1) is 25.1 Å². The lowest BCUT2D eigenvalue weighted by molar-refractivity contribution is -0.147. The third-order valence-electron chi connectivity index (χ3n) is 5.43. The first kappa shape index (κ1) is 19.2. The number of carbonyl (C=O) groups excluding carboxylic acids is 1. The van der Waals surface area contributed by atoms with Crippen LogP contribution in [0.15, 0.2) is 34.7 Å². The van der Waals surface area contributed by atoms with E-state index < -0.39 is 0 Å². The fourth-order valence-electron chi connectivity index (χ4n) is 3.90. The Morgan fingerprint density at radius 2 is 2.35 bits per heavy atom. The highest BCUT2D eigenvalue weighted by Gasteiger charge is 2.65. The van der Waals surface area contributed by atoms with Crippen molar-refractivity contribution in [1.82, 2.24) is 0 Å². The quantitative estimate of drug-likeness (QED) is 0.364. The van der Waals surface area contributed by atoms with Gasteiger partial charge in [-0.2, -0.15) is 0 Å². The molecule has 1 N–H and O–H groups in total. The number of hydrogen-bond acceptors (Lipinski definition) is 5. The van der Waals surface area contributed by atoms with Crippen molar-refractivity contribution in [3.63, 3.8) is 0 Å². The van der Waals surface area contributed by atoms with Gasteiger partial charge in [0.15, 0.2) is 0 Å². The van der Waals surface area contributed by atoms with Crippen molar-refractivity contribution in [2.45, 2.75) is 83.2 Å². The van der Waals surface area contributed by atoms with E-state index in [2.05, 4.69) is 19.9 Å². The van der Waals surface area contributed by atoms with Crippen LogP contribution in [0.3, 0.4) is 0 Å². The number of aryl methyl sites for hydroxylation is 1. The van der Waals surface area contributed by atoms with Gasteiger partial charge in [-0.15, -0.1) is 0 Å². The third kappa shape index (κ3) is 5.21. The van der Waals surface area contributed by atoms with Crippen LogP contribution in [-0.2, 0) is 20.7 Å². The highest BCUT2D eigenvalue weighted by atomic mass is 16.8. The minimum atomic E-state index is -0.316. The molecule has 1 aromatic heterocycles. The van der Waals surface area contributed by atoms with Crippen LogP contribution in [0.4, 0.5) is 0 Å². The van der Waals surface area contributed by atoms with Gasteiger partial charge in [-0.1, -0.05) is 31.4 Å². The number of aliphatic hydroxyl groups excluding tert-OH is 1. The van der Waals surface area contributed by atoms with Gasteiger partial charge < -0.3 is 19.0 Å². The molecule has 2 aliphatic heterocycles. The summed E-state index contributed by atoms with van der Waals surface area (Å²) >= 11 is 0. The first-order chi connectivity index (χ1) is 12.5. The number of aliphatic hydroxyl groups is 1. The topological polar surface area (TPSA) is 72.2 Å². The van der Waals surface area contributed by atoms with Crippen LogP contribution >= 0.6 is 0 Å². The monoisotopic (exact) mass is 362 g/mol. The fourth-order valence-corrected chi connectivity index (χ4v) is 3.90. The zero-order chi connectivity index (χ0) is 18.6. The summed E-state index contributed by atoms with van der Waals surface area (Å²) in [6.45, 7) is 4.27. The molecule has 3 heterocycles. The van der Waals surface area contributed by atoms with E-state index in [1.165, 1.54) is 11.1 Å². The van der Waals surface area contributed by atoms with Crippen LogP contribution in [0.1, 0.15) is 64.4 Å². The van der Waals surface area contributed by atoms with Crippen molar-refractivity contribution < 1.29 is 23.8 Å². The van der Waals surface area contributed by atoms with E-state index in [1.54, 1.807) is 12.5 Å². The molecule has 0 radical (unpaired) electrons. The number of esters is 1. The van der Waals surface area contributed by atoms with Crippen molar-refractivity contribution in [2.24, 2.45) is 5.92 Å². The average molecular weight is 362 g/mol. The van der Waals surface area contributed by atoms with E-state index >= 15 is 0 Å². The normalized spacial score (nSPS) is 27.1. The van der Waals surface area contributed by atoms with Gasteiger partial charge in [0.25, 0.3) is 0 Å². The van der Waals surface area contributed by atoms with Gasteiger partial charge in [0.1, 0.15) is 5.60 Å². The maximum Gasteiger partial charge on any atom is 0.311 e. The second-order valence-electron chi connectivity index (χ2n) is 7.99. The third-order valence-corrected chi connectivity index (χ3v) is 5.43. The van der Waals surface area contributed by atoms with Crippen LogP contribution in [0.2, 0.25) is 0 Å².